The molecule has 86 valence electrons. The van der Waals surface area contributed by atoms with E-state index in [4.69, 9.17) is 14.8 Å². The molecular formula is C10H13BFNO3. The number of anilines is 1. The predicted octanol–water partition coefficient (Wildman–Crippen LogP) is -0.658. The van der Waals surface area contributed by atoms with E-state index in [1.807, 2.05) is 4.90 Å². The van der Waals surface area contributed by atoms with E-state index < -0.39 is 7.12 Å². The van der Waals surface area contributed by atoms with E-state index in [-0.39, 0.29) is 5.82 Å². The predicted molar refractivity (Wildman–Crippen MR) is 59.3 cm³/mol. The molecule has 1 aromatic carbocycles. The second-order valence-corrected chi connectivity index (χ2v) is 3.68. The summed E-state index contributed by atoms with van der Waals surface area (Å²) < 4.78 is 18.7. The Morgan fingerprint density at radius 3 is 2.56 bits per heavy atom. The van der Waals surface area contributed by atoms with Crippen molar-refractivity contribution in [3.8, 4) is 0 Å². The number of rotatable bonds is 2. The fourth-order valence-corrected chi connectivity index (χ4v) is 1.74. The van der Waals surface area contributed by atoms with Crippen LogP contribution in [0.3, 0.4) is 0 Å². The quantitative estimate of drug-likeness (QED) is 0.656. The van der Waals surface area contributed by atoms with Gasteiger partial charge in [0.2, 0.25) is 0 Å². The van der Waals surface area contributed by atoms with Gasteiger partial charge in [-0.3, -0.25) is 0 Å². The molecule has 0 saturated carbocycles. The van der Waals surface area contributed by atoms with E-state index in [0.29, 0.717) is 37.5 Å². The first-order valence-electron chi connectivity index (χ1n) is 5.17. The van der Waals surface area contributed by atoms with Gasteiger partial charge in [0, 0.05) is 13.1 Å². The first-order chi connectivity index (χ1) is 7.68. The first-order valence-corrected chi connectivity index (χ1v) is 5.17. The van der Waals surface area contributed by atoms with Crippen molar-refractivity contribution < 1.29 is 19.2 Å². The van der Waals surface area contributed by atoms with Crippen molar-refractivity contribution >= 4 is 18.3 Å². The van der Waals surface area contributed by atoms with Crippen molar-refractivity contribution in [3.05, 3.63) is 24.0 Å². The molecule has 6 heteroatoms. The number of nitrogens with zero attached hydrogens (tertiary/aromatic N) is 1. The fraction of sp³-hybridized carbons (Fsp3) is 0.400. The van der Waals surface area contributed by atoms with E-state index in [1.165, 1.54) is 18.2 Å². The molecule has 4 nitrogen and oxygen atoms in total. The Balaban J connectivity index is 2.27. The lowest BCUT2D eigenvalue weighted by molar-refractivity contribution is 0.122. The molecule has 0 spiro atoms. The zero-order valence-electron chi connectivity index (χ0n) is 8.77. The molecule has 2 N–H and O–H groups in total. The molecule has 1 heterocycles. The average Bonchev–Trinajstić information content (AvgIpc) is 2.30. The highest BCUT2D eigenvalue weighted by atomic mass is 19.1. The zero-order chi connectivity index (χ0) is 11.5. The van der Waals surface area contributed by atoms with Crippen molar-refractivity contribution in [1.82, 2.24) is 0 Å². The molecule has 2 rings (SSSR count). The number of benzene rings is 1. The fourth-order valence-electron chi connectivity index (χ4n) is 1.74. The maximum absolute atomic E-state index is 13.6. The highest BCUT2D eigenvalue weighted by molar-refractivity contribution is 6.58. The third kappa shape index (κ3) is 2.34. The molecule has 0 bridgehead atoms. The Morgan fingerprint density at radius 2 is 1.94 bits per heavy atom. The number of halogens is 1. The smallest absolute Gasteiger partial charge is 0.423 e. The van der Waals surface area contributed by atoms with Crippen LogP contribution in [0, 0.1) is 5.82 Å². The molecule has 0 unspecified atom stereocenters. The van der Waals surface area contributed by atoms with Crippen LogP contribution in [0.1, 0.15) is 0 Å². The summed E-state index contributed by atoms with van der Waals surface area (Å²) in [5, 5.41) is 18.1. The van der Waals surface area contributed by atoms with Crippen LogP contribution in [0.2, 0.25) is 0 Å². The van der Waals surface area contributed by atoms with Crippen molar-refractivity contribution in [2.24, 2.45) is 0 Å². The van der Waals surface area contributed by atoms with E-state index >= 15 is 0 Å². The minimum atomic E-state index is -1.57. The highest BCUT2D eigenvalue weighted by Crippen LogP contribution is 2.18. The Morgan fingerprint density at radius 1 is 1.25 bits per heavy atom. The van der Waals surface area contributed by atoms with Crippen LogP contribution in [-0.4, -0.2) is 43.5 Å². The molecule has 1 aliphatic heterocycles. The Labute approximate surface area is 93.4 Å². The van der Waals surface area contributed by atoms with Crippen LogP contribution in [0.5, 0.6) is 0 Å². The second kappa shape index (κ2) is 4.82. The normalized spacial score (nSPS) is 16.3. The van der Waals surface area contributed by atoms with Gasteiger partial charge in [0.15, 0.2) is 0 Å². The van der Waals surface area contributed by atoms with Crippen LogP contribution < -0.4 is 10.4 Å². The minimum absolute atomic E-state index is 0.294. The summed E-state index contributed by atoms with van der Waals surface area (Å²) in [6.45, 7) is 2.35. The molecule has 0 radical (unpaired) electrons. The number of hydrogen-bond acceptors (Lipinski definition) is 4. The van der Waals surface area contributed by atoms with E-state index in [2.05, 4.69) is 0 Å². The molecule has 1 fully saturated rings. The Kier molecular flexibility index (Phi) is 3.43. The van der Waals surface area contributed by atoms with Gasteiger partial charge in [0.05, 0.1) is 18.9 Å². The van der Waals surface area contributed by atoms with Crippen molar-refractivity contribution in [3.63, 3.8) is 0 Å². The molecule has 0 aromatic heterocycles. The highest BCUT2D eigenvalue weighted by Gasteiger charge is 2.18. The maximum atomic E-state index is 13.6. The lowest BCUT2D eigenvalue weighted by atomic mass is 9.80. The van der Waals surface area contributed by atoms with Gasteiger partial charge in [-0.15, -0.1) is 0 Å². The largest absolute Gasteiger partial charge is 0.488 e. The Bertz CT molecular complexity index is 369. The topological polar surface area (TPSA) is 52.9 Å². The van der Waals surface area contributed by atoms with Gasteiger partial charge in [-0.25, -0.2) is 4.39 Å². The van der Waals surface area contributed by atoms with Crippen LogP contribution in [0.15, 0.2) is 18.2 Å². The molecule has 1 aromatic rings. The van der Waals surface area contributed by atoms with Crippen LogP contribution in [-0.2, 0) is 4.74 Å². The standard InChI is InChI=1S/C10H13BFNO3/c12-9-2-1-8(11(14)15)7-10(9)13-3-5-16-6-4-13/h1-2,7,14-15H,3-6H2. The van der Waals surface area contributed by atoms with Gasteiger partial charge in [-0.2, -0.15) is 0 Å². The third-order valence-corrected chi connectivity index (χ3v) is 2.62. The van der Waals surface area contributed by atoms with Crippen molar-refractivity contribution in [1.29, 1.82) is 0 Å². The third-order valence-electron chi connectivity index (χ3n) is 2.62. The van der Waals surface area contributed by atoms with Crippen LogP contribution >= 0.6 is 0 Å². The SMILES string of the molecule is OB(O)c1ccc(F)c(N2CCOCC2)c1. The number of morpholine rings is 1. The number of ether oxygens (including phenoxy) is 1. The van der Waals surface area contributed by atoms with E-state index in [9.17, 15) is 4.39 Å². The molecule has 0 aliphatic carbocycles. The summed E-state index contributed by atoms with van der Waals surface area (Å²) >= 11 is 0. The van der Waals surface area contributed by atoms with Gasteiger partial charge in [0.1, 0.15) is 5.82 Å². The molecule has 16 heavy (non-hydrogen) atoms. The minimum Gasteiger partial charge on any atom is -0.423 e. The van der Waals surface area contributed by atoms with Crippen LogP contribution in [0.4, 0.5) is 10.1 Å². The van der Waals surface area contributed by atoms with Gasteiger partial charge in [-0.05, 0) is 17.6 Å². The molecular weight excluding hydrogens is 212 g/mol. The van der Waals surface area contributed by atoms with Gasteiger partial charge < -0.3 is 19.7 Å². The lowest BCUT2D eigenvalue weighted by Gasteiger charge is -2.29. The van der Waals surface area contributed by atoms with Gasteiger partial charge in [0.25, 0.3) is 0 Å². The monoisotopic (exact) mass is 225 g/mol. The molecule has 0 amide bonds. The summed E-state index contributed by atoms with van der Waals surface area (Å²) in [6.07, 6.45) is 0. The summed E-state index contributed by atoms with van der Waals surface area (Å²) in [4.78, 5) is 1.84. The average molecular weight is 225 g/mol. The molecule has 1 aliphatic rings. The van der Waals surface area contributed by atoms with E-state index in [0.717, 1.165) is 0 Å². The summed E-state index contributed by atoms with van der Waals surface area (Å²) in [5.74, 6) is -0.355. The lowest BCUT2D eigenvalue weighted by Crippen LogP contribution is -2.38. The zero-order valence-corrected chi connectivity index (χ0v) is 8.77. The van der Waals surface area contributed by atoms with Crippen molar-refractivity contribution in [2.45, 2.75) is 0 Å². The van der Waals surface area contributed by atoms with E-state index in [1.54, 1.807) is 0 Å². The van der Waals surface area contributed by atoms with Gasteiger partial charge in [-0.1, -0.05) is 6.07 Å². The van der Waals surface area contributed by atoms with Gasteiger partial charge >= 0.3 is 7.12 Å². The molecule has 0 atom stereocenters. The summed E-state index contributed by atoms with van der Waals surface area (Å²) in [5.41, 5.74) is 0.691. The maximum Gasteiger partial charge on any atom is 0.488 e. The summed E-state index contributed by atoms with van der Waals surface area (Å²) in [7, 11) is -1.57. The molecule has 1 saturated heterocycles. The van der Waals surface area contributed by atoms with Crippen molar-refractivity contribution in [2.75, 3.05) is 31.2 Å². The Hall–Kier alpha value is -1.11. The summed E-state index contributed by atoms with van der Waals surface area (Å²) in [6, 6.07) is 4.08. The van der Waals surface area contributed by atoms with Crippen LogP contribution in [0.25, 0.3) is 0 Å². The first kappa shape index (κ1) is 11.4. The number of hydrogen-bond donors (Lipinski definition) is 2. The second-order valence-electron chi connectivity index (χ2n) is 3.68.